The van der Waals surface area contributed by atoms with E-state index in [1.165, 1.54) is 17.4 Å². The van der Waals surface area contributed by atoms with Gasteiger partial charge in [-0.25, -0.2) is 4.98 Å². The maximum absolute atomic E-state index is 12.4. The molecule has 0 aliphatic rings. The van der Waals surface area contributed by atoms with Gasteiger partial charge in [-0.1, -0.05) is 42.5 Å². The summed E-state index contributed by atoms with van der Waals surface area (Å²) in [4.78, 5) is 17.4. The van der Waals surface area contributed by atoms with E-state index < -0.39 is 0 Å². The molecule has 0 atom stereocenters. The third-order valence-corrected chi connectivity index (χ3v) is 4.38. The normalized spacial score (nSPS) is 10.4. The van der Waals surface area contributed by atoms with Gasteiger partial charge >= 0.3 is 0 Å². The lowest BCUT2D eigenvalue weighted by molar-refractivity contribution is 0.102. The van der Waals surface area contributed by atoms with Crippen molar-refractivity contribution in [3.8, 4) is 16.3 Å². The van der Waals surface area contributed by atoms with Gasteiger partial charge in [0.05, 0.1) is 11.4 Å². The zero-order chi connectivity index (χ0) is 15.5. The van der Waals surface area contributed by atoms with Crippen LogP contribution in [0.4, 0.5) is 5.69 Å². The summed E-state index contributed by atoms with van der Waals surface area (Å²) in [5.74, 6) is -0.222. The maximum Gasteiger partial charge on any atom is 0.267 e. The first kappa shape index (κ1) is 14.3. The number of aryl methyl sites for hydroxylation is 1. The highest BCUT2D eigenvalue weighted by molar-refractivity contribution is 7.17. The van der Waals surface area contributed by atoms with Crippen LogP contribution in [-0.2, 0) is 0 Å². The van der Waals surface area contributed by atoms with Crippen molar-refractivity contribution in [1.82, 2.24) is 4.98 Å². The largest absolute Gasteiger partial charge is 0.506 e. The monoisotopic (exact) mass is 310 g/mol. The fourth-order valence-corrected chi connectivity index (χ4v) is 3.04. The van der Waals surface area contributed by atoms with E-state index in [4.69, 9.17) is 0 Å². The number of hydrogen-bond donors (Lipinski definition) is 2. The Kier molecular flexibility index (Phi) is 3.89. The average Bonchev–Trinajstić information content (AvgIpc) is 2.92. The van der Waals surface area contributed by atoms with Crippen LogP contribution in [0.15, 0.2) is 54.6 Å². The van der Waals surface area contributed by atoms with Crippen molar-refractivity contribution >= 4 is 22.9 Å². The first-order valence-corrected chi connectivity index (χ1v) is 7.59. The molecule has 3 rings (SSSR count). The molecule has 0 unspecified atom stereocenters. The fourth-order valence-electron chi connectivity index (χ4n) is 2.07. The predicted octanol–water partition coefficient (Wildman–Crippen LogP) is 4.08. The minimum absolute atomic E-state index is 0.0429. The zero-order valence-electron chi connectivity index (χ0n) is 11.9. The van der Waals surface area contributed by atoms with Crippen LogP contribution < -0.4 is 5.32 Å². The van der Waals surface area contributed by atoms with Gasteiger partial charge in [0.2, 0.25) is 0 Å². The van der Waals surface area contributed by atoms with Gasteiger partial charge in [0.25, 0.3) is 5.91 Å². The number of rotatable bonds is 3. The van der Waals surface area contributed by atoms with Gasteiger partial charge in [0, 0.05) is 5.56 Å². The Hall–Kier alpha value is -2.66. The minimum atomic E-state index is -0.265. The maximum atomic E-state index is 12.4. The second kappa shape index (κ2) is 5.99. The molecule has 1 heterocycles. The molecule has 4 nitrogen and oxygen atoms in total. The van der Waals surface area contributed by atoms with Gasteiger partial charge < -0.3 is 10.4 Å². The second-order valence-electron chi connectivity index (χ2n) is 4.77. The number of carbonyl (C=O) groups excluding carboxylic acids is 1. The molecular weight excluding hydrogens is 296 g/mol. The smallest absolute Gasteiger partial charge is 0.267 e. The molecule has 0 saturated carbocycles. The number of anilines is 1. The number of para-hydroxylation sites is 2. The topological polar surface area (TPSA) is 62.2 Å². The van der Waals surface area contributed by atoms with Crippen molar-refractivity contribution in [3.63, 3.8) is 0 Å². The number of benzene rings is 2. The van der Waals surface area contributed by atoms with E-state index >= 15 is 0 Å². The van der Waals surface area contributed by atoms with Crippen molar-refractivity contribution in [3.05, 3.63) is 65.2 Å². The number of nitrogens with one attached hydrogen (secondary N) is 1. The number of thiazole rings is 1. The van der Waals surface area contributed by atoms with Crippen LogP contribution in [-0.4, -0.2) is 16.0 Å². The van der Waals surface area contributed by atoms with Crippen molar-refractivity contribution in [2.45, 2.75) is 6.92 Å². The molecular formula is C17H14N2O2S. The third-order valence-electron chi connectivity index (χ3n) is 3.18. The van der Waals surface area contributed by atoms with E-state index in [1.807, 2.05) is 37.3 Å². The Morgan fingerprint density at radius 3 is 2.50 bits per heavy atom. The molecule has 0 fully saturated rings. The third kappa shape index (κ3) is 2.84. The number of aromatic hydroxyl groups is 1. The van der Waals surface area contributed by atoms with Gasteiger partial charge in [-0.15, -0.1) is 11.3 Å². The van der Waals surface area contributed by atoms with Gasteiger partial charge in [-0.05, 0) is 19.1 Å². The Morgan fingerprint density at radius 2 is 1.77 bits per heavy atom. The van der Waals surface area contributed by atoms with Crippen molar-refractivity contribution in [2.75, 3.05) is 5.32 Å². The number of hydrogen-bond acceptors (Lipinski definition) is 4. The first-order chi connectivity index (χ1) is 10.6. The van der Waals surface area contributed by atoms with E-state index in [0.717, 1.165) is 10.6 Å². The quantitative estimate of drug-likeness (QED) is 0.717. The number of phenols is 1. The Bertz CT molecular complexity index is 813. The molecule has 22 heavy (non-hydrogen) atoms. The van der Waals surface area contributed by atoms with Gasteiger partial charge in [0.1, 0.15) is 15.6 Å². The fraction of sp³-hybridized carbons (Fsp3) is 0.0588. The molecule has 1 amide bonds. The van der Waals surface area contributed by atoms with Crippen molar-refractivity contribution in [1.29, 1.82) is 0 Å². The standard InChI is InChI=1S/C17H14N2O2S/c1-11-15(16(21)19-13-9-5-6-10-14(13)20)22-17(18-11)12-7-3-2-4-8-12/h2-10,20H,1H3,(H,19,21). The van der Waals surface area contributed by atoms with Crippen LogP contribution in [0.3, 0.4) is 0 Å². The van der Waals surface area contributed by atoms with Gasteiger partial charge in [0.15, 0.2) is 0 Å². The predicted molar refractivity (Wildman–Crippen MR) is 88.3 cm³/mol. The molecule has 0 bridgehead atoms. The van der Waals surface area contributed by atoms with Crippen molar-refractivity contribution in [2.24, 2.45) is 0 Å². The van der Waals surface area contributed by atoms with E-state index in [-0.39, 0.29) is 11.7 Å². The Morgan fingerprint density at radius 1 is 1.09 bits per heavy atom. The summed E-state index contributed by atoms with van der Waals surface area (Å²) in [6.07, 6.45) is 0. The summed E-state index contributed by atoms with van der Waals surface area (Å²) in [6, 6.07) is 16.4. The van der Waals surface area contributed by atoms with Crippen LogP contribution in [0, 0.1) is 6.92 Å². The summed E-state index contributed by atoms with van der Waals surface area (Å²) in [5, 5.41) is 13.3. The Labute approximate surface area is 132 Å². The molecule has 0 aliphatic carbocycles. The highest BCUT2D eigenvalue weighted by atomic mass is 32.1. The first-order valence-electron chi connectivity index (χ1n) is 6.77. The number of phenolic OH excluding ortho intramolecular Hbond substituents is 1. The number of carbonyl (C=O) groups is 1. The highest BCUT2D eigenvalue weighted by Crippen LogP contribution is 2.29. The van der Waals surface area contributed by atoms with E-state index in [0.29, 0.717) is 16.3 Å². The molecule has 1 aromatic heterocycles. The second-order valence-corrected chi connectivity index (χ2v) is 5.77. The number of amides is 1. The van der Waals surface area contributed by atoms with Crippen molar-refractivity contribution < 1.29 is 9.90 Å². The lowest BCUT2D eigenvalue weighted by atomic mass is 10.2. The SMILES string of the molecule is Cc1nc(-c2ccccc2)sc1C(=O)Nc1ccccc1O. The molecule has 2 N–H and O–H groups in total. The van der Waals surface area contributed by atoms with Crippen LogP contribution in [0.2, 0.25) is 0 Å². The molecule has 110 valence electrons. The van der Waals surface area contributed by atoms with E-state index in [2.05, 4.69) is 10.3 Å². The zero-order valence-corrected chi connectivity index (χ0v) is 12.7. The average molecular weight is 310 g/mol. The summed E-state index contributed by atoms with van der Waals surface area (Å²) >= 11 is 1.34. The van der Waals surface area contributed by atoms with Crippen LogP contribution in [0.5, 0.6) is 5.75 Å². The molecule has 3 aromatic rings. The minimum Gasteiger partial charge on any atom is -0.506 e. The van der Waals surface area contributed by atoms with E-state index in [9.17, 15) is 9.90 Å². The van der Waals surface area contributed by atoms with E-state index in [1.54, 1.807) is 18.2 Å². The summed E-state index contributed by atoms with van der Waals surface area (Å²) in [5.41, 5.74) is 2.05. The lowest BCUT2D eigenvalue weighted by Gasteiger charge is -2.05. The highest BCUT2D eigenvalue weighted by Gasteiger charge is 2.17. The lowest BCUT2D eigenvalue weighted by Crippen LogP contribution is -2.11. The summed E-state index contributed by atoms with van der Waals surface area (Å²) in [6.45, 7) is 1.81. The summed E-state index contributed by atoms with van der Waals surface area (Å²) in [7, 11) is 0. The summed E-state index contributed by atoms with van der Waals surface area (Å²) < 4.78 is 0. The van der Waals surface area contributed by atoms with Gasteiger partial charge in [-0.3, -0.25) is 4.79 Å². The van der Waals surface area contributed by atoms with Crippen LogP contribution >= 0.6 is 11.3 Å². The molecule has 2 aromatic carbocycles. The van der Waals surface area contributed by atoms with Crippen LogP contribution in [0.1, 0.15) is 15.4 Å². The molecule has 0 saturated heterocycles. The molecule has 0 radical (unpaired) electrons. The molecule has 0 spiro atoms. The number of aromatic nitrogens is 1. The number of nitrogens with zero attached hydrogens (tertiary/aromatic N) is 1. The molecule has 5 heteroatoms. The Balaban J connectivity index is 1.88. The van der Waals surface area contributed by atoms with Crippen LogP contribution in [0.25, 0.3) is 10.6 Å². The molecule has 0 aliphatic heterocycles. The van der Waals surface area contributed by atoms with Gasteiger partial charge in [-0.2, -0.15) is 0 Å².